The number of hydrogen-bond acceptors (Lipinski definition) is 4. The van der Waals surface area contributed by atoms with Crippen LogP contribution in [-0.2, 0) is 4.74 Å². The number of nitrogens with one attached hydrogen (secondary N) is 1. The predicted octanol–water partition coefficient (Wildman–Crippen LogP) is 2.90. The highest BCUT2D eigenvalue weighted by molar-refractivity contribution is 7.10. The predicted molar refractivity (Wildman–Crippen MR) is 81.8 cm³/mol. The van der Waals surface area contributed by atoms with E-state index in [0.29, 0.717) is 12.1 Å². The van der Waals surface area contributed by atoms with Gasteiger partial charge in [0.05, 0.1) is 11.7 Å². The average molecular weight is 282 g/mol. The molecule has 4 heteroatoms. The maximum atomic E-state index is 5.93. The molecule has 0 saturated carbocycles. The molecular weight excluding hydrogens is 256 g/mol. The molecule has 2 unspecified atom stereocenters. The Morgan fingerprint density at radius 1 is 1.58 bits per heavy atom. The van der Waals surface area contributed by atoms with E-state index in [1.54, 1.807) is 0 Å². The van der Waals surface area contributed by atoms with Gasteiger partial charge in [-0.25, -0.2) is 0 Å². The van der Waals surface area contributed by atoms with Gasteiger partial charge < -0.3 is 10.1 Å². The second-order valence-electron chi connectivity index (χ2n) is 6.11. The number of morpholine rings is 1. The molecule has 2 atom stereocenters. The van der Waals surface area contributed by atoms with Crippen LogP contribution in [0.2, 0.25) is 0 Å². The Hall–Kier alpha value is -0.420. The van der Waals surface area contributed by atoms with Gasteiger partial charge in [0.2, 0.25) is 0 Å². The molecule has 0 radical (unpaired) electrons. The van der Waals surface area contributed by atoms with Crippen molar-refractivity contribution < 1.29 is 4.74 Å². The summed E-state index contributed by atoms with van der Waals surface area (Å²) in [6, 6.07) is 4.76. The molecule has 1 aromatic rings. The molecule has 1 aliphatic rings. The van der Waals surface area contributed by atoms with Crippen molar-refractivity contribution in [3.8, 4) is 0 Å². The maximum Gasteiger partial charge on any atom is 0.0757 e. The number of ether oxygens (including phenoxy) is 1. The summed E-state index contributed by atoms with van der Waals surface area (Å²) >= 11 is 1.82. The summed E-state index contributed by atoms with van der Waals surface area (Å²) in [6.45, 7) is 12.9. The lowest BCUT2D eigenvalue weighted by molar-refractivity contribution is -0.128. The van der Waals surface area contributed by atoms with E-state index in [1.807, 2.05) is 11.3 Å². The lowest BCUT2D eigenvalue weighted by Crippen LogP contribution is -2.53. The highest BCUT2D eigenvalue weighted by Gasteiger charge is 2.30. The smallest absolute Gasteiger partial charge is 0.0757 e. The van der Waals surface area contributed by atoms with Crippen LogP contribution in [-0.4, -0.2) is 42.8 Å². The lowest BCUT2D eigenvalue weighted by atomic mass is 10.1. The third-order valence-electron chi connectivity index (χ3n) is 3.49. The van der Waals surface area contributed by atoms with Crippen molar-refractivity contribution in [1.29, 1.82) is 0 Å². The summed E-state index contributed by atoms with van der Waals surface area (Å²) in [4.78, 5) is 3.91. The highest BCUT2D eigenvalue weighted by Crippen LogP contribution is 2.21. The molecule has 19 heavy (non-hydrogen) atoms. The van der Waals surface area contributed by atoms with Gasteiger partial charge >= 0.3 is 0 Å². The van der Waals surface area contributed by atoms with Crippen molar-refractivity contribution >= 4 is 11.3 Å². The first kappa shape index (κ1) is 15.0. The van der Waals surface area contributed by atoms with Crippen LogP contribution in [0.25, 0.3) is 0 Å². The molecule has 1 aromatic heterocycles. The molecule has 1 fully saturated rings. The van der Waals surface area contributed by atoms with Gasteiger partial charge in [0.15, 0.2) is 0 Å². The largest absolute Gasteiger partial charge is 0.370 e. The fourth-order valence-electron chi connectivity index (χ4n) is 2.83. The molecule has 0 aliphatic carbocycles. The first-order valence-electron chi connectivity index (χ1n) is 7.13. The van der Waals surface area contributed by atoms with Gasteiger partial charge in [-0.3, -0.25) is 4.90 Å². The standard InChI is InChI=1S/C15H26N2OS/c1-12-10-17(11-15(3,4)18-12)8-7-16-13(2)14-6-5-9-19-14/h5-6,9,12-13,16H,7-8,10-11H2,1-4H3. The Morgan fingerprint density at radius 2 is 2.37 bits per heavy atom. The summed E-state index contributed by atoms with van der Waals surface area (Å²) in [6.07, 6.45) is 0.332. The number of thiophene rings is 1. The second-order valence-corrected chi connectivity index (χ2v) is 7.09. The van der Waals surface area contributed by atoms with Crippen molar-refractivity contribution in [2.24, 2.45) is 0 Å². The molecule has 1 N–H and O–H groups in total. The molecule has 0 amide bonds. The minimum absolute atomic E-state index is 0.0168. The molecule has 2 heterocycles. The van der Waals surface area contributed by atoms with Gasteiger partial charge in [-0.1, -0.05) is 6.07 Å². The first-order chi connectivity index (χ1) is 8.96. The number of nitrogens with zero attached hydrogens (tertiary/aromatic N) is 1. The Balaban J connectivity index is 1.73. The van der Waals surface area contributed by atoms with E-state index >= 15 is 0 Å². The van der Waals surface area contributed by atoms with Gasteiger partial charge in [-0.05, 0) is 39.1 Å². The van der Waals surface area contributed by atoms with E-state index in [1.165, 1.54) is 4.88 Å². The van der Waals surface area contributed by atoms with Gasteiger partial charge in [0.25, 0.3) is 0 Å². The van der Waals surface area contributed by atoms with Crippen LogP contribution in [0.3, 0.4) is 0 Å². The molecule has 0 aromatic carbocycles. The second kappa shape index (κ2) is 6.35. The van der Waals surface area contributed by atoms with Gasteiger partial charge in [0.1, 0.15) is 0 Å². The molecule has 2 rings (SSSR count). The van der Waals surface area contributed by atoms with Crippen LogP contribution in [0, 0.1) is 0 Å². The minimum atomic E-state index is -0.0168. The van der Waals surface area contributed by atoms with Crippen molar-refractivity contribution in [3.05, 3.63) is 22.4 Å². The third-order valence-corrected chi connectivity index (χ3v) is 4.54. The SMILES string of the molecule is CC1CN(CCNC(C)c2cccs2)CC(C)(C)O1. The van der Waals surface area contributed by atoms with Crippen LogP contribution in [0.15, 0.2) is 17.5 Å². The molecule has 1 saturated heterocycles. The molecular formula is C15H26N2OS. The van der Waals surface area contributed by atoms with Crippen LogP contribution < -0.4 is 5.32 Å². The van der Waals surface area contributed by atoms with Crippen molar-refractivity contribution in [1.82, 2.24) is 10.2 Å². The summed E-state index contributed by atoms with van der Waals surface area (Å²) in [7, 11) is 0. The topological polar surface area (TPSA) is 24.5 Å². The normalized spacial score (nSPS) is 25.4. The summed E-state index contributed by atoms with van der Waals surface area (Å²) in [5.41, 5.74) is -0.0168. The van der Waals surface area contributed by atoms with E-state index in [0.717, 1.165) is 26.2 Å². The lowest BCUT2D eigenvalue weighted by Gasteiger charge is -2.41. The van der Waals surface area contributed by atoms with Gasteiger partial charge in [0, 0.05) is 37.1 Å². The van der Waals surface area contributed by atoms with Crippen molar-refractivity contribution in [3.63, 3.8) is 0 Å². The zero-order valence-corrected chi connectivity index (χ0v) is 13.3. The van der Waals surface area contributed by atoms with Crippen LogP contribution in [0.5, 0.6) is 0 Å². The quantitative estimate of drug-likeness (QED) is 0.899. The van der Waals surface area contributed by atoms with Gasteiger partial charge in [-0.15, -0.1) is 11.3 Å². The molecule has 0 spiro atoms. The van der Waals surface area contributed by atoms with E-state index in [4.69, 9.17) is 4.74 Å². The van der Waals surface area contributed by atoms with E-state index < -0.39 is 0 Å². The maximum absolute atomic E-state index is 5.93. The Morgan fingerprint density at radius 3 is 3.00 bits per heavy atom. The number of rotatable bonds is 5. The van der Waals surface area contributed by atoms with Crippen LogP contribution >= 0.6 is 11.3 Å². The molecule has 0 bridgehead atoms. The molecule has 108 valence electrons. The minimum Gasteiger partial charge on any atom is -0.370 e. The fourth-order valence-corrected chi connectivity index (χ4v) is 3.59. The van der Waals surface area contributed by atoms with E-state index in [9.17, 15) is 0 Å². The summed E-state index contributed by atoms with van der Waals surface area (Å²) in [5, 5.41) is 5.74. The Bertz CT molecular complexity index is 378. The third kappa shape index (κ3) is 4.56. The van der Waals surface area contributed by atoms with E-state index in [-0.39, 0.29) is 5.60 Å². The zero-order valence-electron chi connectivity index (χ0n) is 12.5. The van der Waals surface area contributed by atoms with E-state index in [2.05, 4.69) is 55.4 Å². The fraction of sp³-hybridized carbons (Fsp3) is 0.733. The van der Waals surface area contributed by atoms with Gasteiger partial charge in [-0.2, -0.15) is 0 Å². The van der Waals surface area contributed by atoms with Crippen LogP contribution in [0.4, 0.5) is 0 Å². The highest BCUT2D eigenvalue weighted by atomic mass is 32.1. The first-order valence-corrected chi connectivity index (χ1v) is 8.01. The molecule has 3 nitrogen and oxygen atoms in total. The Kier molecular flexibility index (Phi) is 5.01. The van der Waals surface area contributed by atoms with Crippen molar-refractivity contribution in [2.75, 3.05) is 26.2 Å². The molecule has 1 aliphatic heterocycles. The average Bonchev–Trinajstić information content (AvgIpc) is 2.79. The van der Waals surface area contributed by atoms with Crippen molar-refractivity contribution in [2.45, 2.75) is 45.4 Å². The Labute approximate surface area is 121 Å². The monoisotopic (exact) mass is 282 g/mol. The summed E-state index contributed by atoms with van der Waals surface area (Å²) in [5.74, 6) is 0. The zero-order chi connectivity index (χ0) is 13.9. The summed E-state index contributed by atoms with van der Waals surface area (Å²) < 4.78 is 5.93. The number of hydrogen-bond donors (Lipinski definition) is 1. The van der Waals surface area contributed by atoms with Crippen LogP contribution in [0.1, 0.15) is 38.6 Å².